The lowest BCUT2D eigenvalue weighted by molar-refractivity contribution is 0.0690. The highest BCUT2D eigenvalue weighted by Crippen LogP contribution is 2.11. The van der Waals surface area contributed by atoms with E-state index in [-0.39, 0.29) is 23.1 Å². The molecule has 1 unspecified atom stereocenters. The molecule has 0 saturated carbocycles. The molecule has 0 radical (unpaired) electrons. The molecule has 2 N–H and O–H groups in total. The molecule has 4 nitrogen and oxygen atoms in total. The fourth-order valence-corrected chi connectivity index (χ4v) is 1.82. The Labute approximate surface area is 113 Å². The van der Waals surface area contributed by atoms with Gasteiger partial charge in [-0.25, -0.2) is 4.79 Å². The SMILES string of the molecule is CC(C)CCC(C)NC(=O)c1ccccc1C(=O)O. The van der Waals surface area contributed by atoms with Gasteiger partial charge in [-0.2, -0.15) is 0 Å². The monoisotopic (exact) mass is 263 g/mol. The van der Waals surface area contributed by atoms with Crippen LogP contribution in [0.15, 0.2) is 24.3 Å². The maximum atomic E-state index is 12.1. The van der Waals surface area contributed by atoms with E-state index in [4.69, 9.17) is 5.11 Å². The summed E-state index contributed by atoms with van der Waals surface area (Å²) in [4.78, 5) is 23.1. The highest BCUT2D eigenvalue weighted by molar-refractivity contribution is 6.04. The van der Waals surface area contributed by atoms with Crippen LogP contribution in [-0.2, 0) is 0 Å². The van der Waals surface area contributed by atoms with Gasteiger partial charge in [-0.15, -0.1) is 0 Å². The summed E-state index contributed by atoms with van der Waals surface area (Å²) in [5.74, 6) is -0.819. The van der Waals surface area contributed by atoms with Gasteiger partial charge in [-0.1, -0.05) is 26.0 Å². The molecule has 0 fully saturated rings. The Balaban J connectivity index is 2.70. The second-order valence-electron chi connectivity index (χ2n) is 5.20. The van der Waals surface area contributed by atoms with E-state index in [1.807, 2.05) is 6.92 Å². The zero-order valence-electron chi connectivity index (χ0n) is 11.6. The number of carboxylic acids is 1. The fraction of sp³-hybridized carbons (Fsp3) is 0.467. The summed E-state index contributed by atoms with van der Waals surface area (Å²) in [5.41, 5.74) is 0.252. The van der Waals surface area contributed by atoms with Crippen molar-refractivity contribution < 1.29 is 14.7 Å². The average Bonchev–Trinajstić information content (AvgIpc) is 2.36. The van der Waals surface area contributed by atoms with Crippen LogP contribution in [-0.4, -0.2) is 23.0 Å². The summed E-state index contributed by atoms with van der Waals surface area (Å²) in [7, 11) is 0. The normalized spacial score (nSPS) is 12.2. The van der Waals surface area contributed by atoms with Crippen molar-refractivity contribution in [2.45, 2.75) is 39.7 Å². The molecule has 0 aromatic heterocycles. The number of benzene rings is 1. The van der Waals surface area contributed by atoms with Crippen molar-refractivity contribution in [3.63, 3.8) is 0 Å². The minimum absolute atomic E-state index is 0.0380. The van der Waals surface area contributed by atoms with Gasteiger partial charge in [0.25, 0.3) is 5.91 Å². The van der Waals surface area contributed by atoms with Gasteiger partial charge in [-0.3, -0.25) is 4.79 Å². The Kier molecular flexibility index (Phi) is 5.55. The molecule has 0 spiro atoms. The maximum Gasteiger partial charge on any atom is 0.336 e. The van der Waals surface area contributed by atoms with Crippen molar-refractivity contribution in [3.05, 3.63) is 35.4 Å². The molecule has 1 rings (SSSR count). The van der Waals surface area contributed by atoms with Gasteiger partial charge < -0.3 is 10.4 Å². The van der Waals surface area contributed by atoms with Crippen LogP contribution < -0.4 is 5.32 Å². The molecule has 0 aliphatic carbocycles. The molecule has 19 heavy (non-hydrogen) atoms. The molecule has 1 aromatic rings. The van der Waals surface area contributed by atoms with Gasteiger partial charge in [-0.05, 0) is 37.8 Å². The second-order valence-corrected chi connectivity index (χ2v) is 5.20. The van der Waals surface area contributed by atoms with Crippen LogP contribution in [0.5, 0.6) is 0 Å². The number of rotatable bonds is 6. The van der Waals surface area contributed by atoms with Crippen molar-refractivity contribution in [1.82, 2.24) is 5.32 Å². The molecule has 1 atom stereocenters. The number of carbonyl (C=O) groups is 2. The van der Waals surface area contributed by atoms with Gasteiger partial charge in [0.15, 0.2) is 0 Å². The van der Waals surface area contributed by atoms with E-state index in [9.17, 15) is 9.59 Å². The summed E-state index contributed by atoms with van der Waals surface area (Å²) in [6.45, 7) is 6.20. The predicted molar refractivity (Wildman–Crippen MR) is 74.4 cm³/mol. The molecule has 0 heterocycles. The van der Waals surface area contributed by atoms with Crippen LogP contribution in [0.25, 0.3) is 0 Å². The van der Waals surface area contributed by atoms with Crippen LogP contribution in [0.4, 0.5) is 0 Å². The first-order chi connectivity index (χ1) is 8.91. The zero-order valence-corrected chi connectivity index (χ0v) is 11.6. The zero-order chi connectivity index (χ0) is 14.4. The standard InChI is InChI=1S/C15H21NO3/c1-10(2)8-9-11(3)16-14(17)12-6-4-5-7-13(12)15(18)19/h4-7,10-11H,8-9H2,1-3H3,(H,16,17)(H,18,19). The van der Waals surface area contributed by atoms with Crippen LogP contribution in [0, 0.1) is 5.92 Å². The van der Waals surface area contributed by atoms with Crippen molar-refractivity contribution in [2.75, 3.05) is 0 Å². The largest absolute Gasteiger partial charge is 0.478 e. The van der Waals surface area contributed by atoms with E-state index in [0.29, 0.717) is 5.92 Å². The topological polar surface area (TPSA) is 66.4 Å². The Morgan fingerprint density at radius 1 is 1.11 bits per heavy atom. The van der Waals surface area contributed by atoms with Crippen LogP contribution in [0.2, 0.25) is 0 Å². The molecule has 104 valence electrons. The Morgan fingerprint density at radius 3 is 2.21 bits per heavy atom. The lowest BCUT2D eigenvalue weighted by Gasteiger charge is -2.15. The third-order valence-electron chi connectivity index (χ3n) is 2.96. The molecule has 0 aliphatic heterocycles. The third kappa shape index (κ3) is 4.73. The van der Waals surface area contributed by atoms with Crippen molar-refractivity contribution in [2.24, 2.45) is 5.92 Å². The molecule has 4 heteroatoms. The Morgan fingerprint density at radius 2 is 1.68 bits per heavy atom. The molecule has 0 bridgehead atoms. The molecular formula is C15H21NO3. The van der Waals surface area contributed by atoms with Gasteiger partial charge in [0, 0.05) is 6.04 Å². The summed E-state index contributed by atoms with van der Waals surface area (Å²) in [6, 6.07) is 6.30. The van der Waals surface area contributed by atoms with Gasteiger partial charge >= 0.3 is 5.97 Å². The van der Waals surface area contributed by atoms with E-state index in [1.165, 1.54) is 12.1 Å². The molecule has 1 amide bonds. The first kappa shape index (κ1) is 15.2. The number of aromatic carboxylic acids is 1. The van der Waals surface area contributed by atoms with E-state index in [0.717, 1.165) is 12.8 Å². The minimum atomic E-state index is -1.08. The molecular weight excluding hydrogens is 242 g/mol. The number of amides is 1. The minimum Gasteiger partial charge on any atom is -0.478 e. The summed E-state index contributed by atoms with van der Waals surface area (Å²) in [6.07, 6.45) is 1.92. The van der Waals surface area contributed by atoms with Gasteiger partial charge in [0.1, 0.15) is 0 Å². The van der Waals surface area contributed by atoms with Crippen molar-refractivity contribution in [3.8, 4) is 0 Å². The lowest BCUT2D eigenvalue weighted by Crippen LogP contribution is -2.33. The summed E-state index contributed by atoms with van der Waals surface area (Å²) in [5, 5.41) is 11.9. The van der Waals surface area contributed by atoms with Crippen LogP contribution >= 0.6 is 0 Å². The maximum absolute atomic E-state index is 12.1. The highest BCUT2D eigenvalue weighted by atomic mass is 16.4. The van der Waals surface area contributed by atoms with E-state index < -0.39 is 5.97 Å². The smallest absolute Gasteiger partial charge is 0.336 e. The van der Waals surface area contributed by atoms with Crippen molar-refractivity contribution >= 4 is 11.9 Å². The highest BCUT2D eigenvalue weighted by Gasteiger charge is 2.17. The van der Waals surface area contributed by atoms with E-state index in [2.05, 4.69) is 19.2 Å². The molecule has 0 saturated heterocycles. The average molecular weight is 263 g/mol. The molecule has 1 aromatic carbocycles. The van der Waals surface area contributed by atoms with Gasteiger partial charge in [0.05, 0.1) is 11.1 Å². The lowest BCUT2D eigenvalue weighted by atomic mass is 10.0. The summed E-state index contributed by atoms with van der Waals surface area (Å²) >= 11 is 0. The molecule has 0 aliphatic rings. The number of hydrogen-bond donors (Lipinski definition) is 2. The first-order valence-electron chi connectivity index (χ1n) is 6.55. The van der Waals surface area contributed by atoms with Crippen LogP contribution in [0.1, 0.15) is 54.3 Å². The van der Waals surface area contributed by atoms with Crippen LogP contribution in [0.3, 0.4) is 0 Å². The summed E-state index contributed by atoms with van der Waals surface area (Å²) < 4.78 is 0. The van der Waals surface area contributed by atoms with E-state index >= 15 is 0 Å². The predicted octanol–water partition coefficient (Wildman–Crippen LogP) is 2.94. The Hall–Kier alpha value is -1.84. The number of carboxylic acid groups (broad SMARTS) is 1. The third-order valence-corrected chi connectivity index (χ3v) is 2.96. The number of hydrogen-bond acceptors (Lipinski definition) is 2. The Bertz CT molecular complexity index is 454. The second kappa shape index (κ2) is 6.92. The number of nitrogens with one attached hydrogen (secondary N) is 1. The fourth-order valence-electron chi connectivity index (χ4n) is 1.82. The quantitative estimate of drug-likeness (QED) is 0.829. The van der Waals surface area contributed by atoms with E-state index in [1.54, 1.807) is 12.1 Å². The van der Waals surface area contributed by atoms with Gasteiger partial charge in [0.2, 0.25) is 0 Å². The van der Waals surface area contributed by atoms with Crippen molar-refractivity contribution in [1.29, 1.82) is 0 Å². The number of carbonyl (C=O) groups excluding carboxylic acids is 1. The first-order valence-corrected chi connectivity index (χ1v) is 6.55.